The summed E-state index contributed by atoms with van der Waals surface area (Å²) in [6.07, 6.45) is 0.786. The molecule has 0 bridgehead atoms. The van der Waals surface area contributed by atoms with Crippen LogP contribution in [0.4, 0.5) is 0 Å². The van der Waals surface area contributed by atoms with Gasteiger partial charge in [-0.3, -0.25) is 4.79 Å². The number of carbonyl (C=O) groups excluding carboxylic acids is 1. The number of carbonyl (C=O) groups is 1. The van der Waals surface area contributed by atoms with Gasteiger partial charge in [-0.1, -0.05) is 48.2 Å². The zero-order valence-electron chi connectivity index (χ0n) is 14.9. The van der Waals surface area contributed by atoms with Crippen LogP contribution >= 0.6 is 23.1 Å². The number of aromatic nitrogens is 3. The highest BCUT2D eigenvalue weighted by Gasteiger charge is 2.22. The SMILES string of the molecule is CCn1c(SCC(=O)N2CCC(c3ccccc3)=N2)nnc1-c1cccs1. The van der Waals surface area contributed by atoms with Gasteiger partial charge in [0.15, 0.2) is 11.0 Å². The number of thioether (sulfide) groups is 1. The maximum absolute atomic E-state index is 12.6. The molecule has 6 nitrogen and oxygen atoms in total. The lowest BCUT2D eigenvalue weighted by atomic mass is 10.1. The summed E-state index contributed by atoms with van der Waals surface area (Å²) < 4.78 is 2.05. The minimum absolute atomic E-state index is 0.00532. The van der Waals surface area contributed by atoms with Gasteiger partial charge in [0.05, 0.1) is 22.9 Å². The highest BCUT2D eigenvalue weighted by molar-refractivity contribution is 7.99. The molecule has 4 rings (SSSR count). The van der Waals surface area contributed by atoms with E-state index in [1.165, 1.54) is 11.8 Å². The van der Waals surface area contributed by atoms with Crippen molar-refractivity contribution in [2.75, 3.05) is 12.3 Å². The van der Waals surface area contributed by atoms with Gasteiger partial charge in [-0.15, -0.1) is 21.5 Å². The van der Waals surface area contributed by atoms with E-state index in [0.717, 1.165) is 40.1 Å². The molecule has 3 aromatic rings. The predicted molar refractivity (Wildman–Crippen MR) is 109 cm³/mol. The number of thiophene rings is 1. The third-order valence-electron chi connectivity index (χ3n) is 4.30. The van der Waals surface area contributed by atoms with Crippen LogP contribution in [0.3, 0.4) is 0 Å². The fraction of sp³-hybridized carbons (Fsp3) is 0.263. The molecule has 3 heterocycles. The number of benzene rings is 1. The molecule has 0 fully saturated rings. The third kappa shape index (κ3) is 3.81. The summed E-state index contributed by atoms with van der Waals surface area (Å²) in [6, 6.07) is 14.0. The maximum Gasteiger partial charge on any atom is 0.253 e. The van der Waals surface area contributed by atoms with Crippen molar-refractivity contribution in [1.29, 1.82) is 0 Å². The molecule has 1 aromatic carbocycles. The molecular weight excluding hydrogens is 378 g/mol. The first kappa shape index (κ1) is 17.9. The Hall–Kier alpha value is -2.45. The number of rotatable bonds is 6. The Kier molecular flexibility index (Phi) is 5.35. The Morgan fingerprint density at radius 3 is 2.78 bits per heavy atom. The maximum atomic E-state index is 12.6. The normalized spacial score (nSPS) is 13.8. The molecule has 1 aliphatic heterocycles. The molecular formula is C19H19N5OS2. The van der Waals surface area contributed by atoms with E-state index in [4.69, 9.17) is 0 Å². The van der Waals surface area contributed by atoms with Gasteiger partial charge in [0.25, 0.3) is 5.91 Å². The number of hydrazone groups is 1. The highest BCUT2D eigenvalue weighted by atomic mass is 32.2. The van der Waals surface area contributed by atoms with Gasteiger partial charge in [-0.05, 0) is 23.9 Å². The molecule has 0 aliphatic carbocycles. The minimum atomic E-state index is -0.00532. The molecule has 27 heavy (non-hydrogen) atoms. The van der Waals surface area contributed by atoms with Crippen LogP contribution in [-0.2, 0) is 11.3 Å². The van der Waals surface area contributed by atoms with Crippen LogP contribution in [0.1, 0.15) is 18.9 Å². The van der Waals surface area contributed by atoms with Crippen molar-refractivity contribution in [3.8, 4) is 10.7 Å². The van der Waals surface area contributed by atoms with Crippen LogP contribution in [0.15, 0.2) is 58.1 Å². The lowest BCUT2D eigenvalue weighted by molar-refractivity contribution is -0.127. The van der Waals surface area contributed by atoms with E-state index in [1.807, 2.05) is 52.4 Å². The Labute approximate surface area is 165 Å². The van der Waals surface area contributed by atoms with E-state index < -0.39 is 0 Å². The van der Waals surface area contributed by atoms with Crippen LogP contribution < -0.4 is 0 Å². The molecule has 0 radical (unpaired) electrons. The van der Waals surface area contributed by atoms with Crippen LogP contribution in [0.5, 0.6) is 0 Å². The van der Waals surface area contributed by atoms with Crippen molar-refractivity contribution in [3.63, 3.8) is 0 Å². The second kappa shape index (κ2) is 8.06. The molecule has 0 unspecified atom stereocenters. The van der Waals surface area contributed by atoms with E-state index in [1.54, 1.807) is 16.3 Å². The summed E-state index contributed by atoms with van der Waals surface area (Å²) in [7, 11) is 0. The van der Waals surface area contributed by atoms with Crippen molar-refractivity contribution < 1.29 is 4.79 Å². The first-order chi connectivity index (χ1) is 13.3. The number of hydrogen-bond donors (Lipinski definition) is 0. The monoisotopic (exact) mass is 397 g/mol. The topological polar surface area (TPSA) is 63.4 Å². The second-order valence-corrected chi connectivity index (χ2v) is 7.89. The molecule has 138 valence electrons. The molecule has 2 aromatic heterocycles. The first-order valence-electron chi connectivity index (χ1n) is 8.79. The molecule has 0 saturated heterocycles. The number of nitrogens with zero attached hydrogens (tertiary/aromatic N) is 5. The minimum Gasteiger partial charge on any atom is -0.302 e. The number of hydrogen-bond acceptors (Lipinski definition) is 6. The van der Waals surface area contributed by atoms with Crippen LogP contribution in [0.25, 0.3) is 10.7 Å². The highest BCUT2D eigenvalue weighted by Crippen LogP contribution is 2.27. The van der Waals surface area contributed by atoms with Gasteiger partial charge < -0.3 is 4.57 Å². The van der Waals surface area contributed by atoms with E-state index in [2.05, 4.69) is 22.2 Å². The van der Waals surface area contributed by atoms with Crippen molar-refractivity contribution in [2.24, 2.45) is 5.10 Å². The van der Waals surface area contributed by atoms with Gasteiger partial charge in [0.2, 0.25) is 0 Å². The average molecular weight is 398 g/mol. The molecule has 0 saturated carbocycles. The zero-order valence-corrected chi connectivity index (χ0v) is 16.5. The predicted octanol–water partition coefficient (Wildman–Crippen LogP) is 3.76. The Bertz CT molecular complexity index is 950. The Morgan fingerprint density at radius 1 is 1.19 bits per heavy atom. The summed E-state index contributed by atoms with van der Waals surface area (Å²) in [5, 5.41) is 17.5. The van der Waals surface area contributed by atoms with Crippen LogP contribution in [-0.4, -0.2) is 43.7 Å². The second-order valence-electron chi connectivity index (χ2n) is 6.00. The van der Waals surface area contributed by atoms with Crippen molar-refractivity contribution >= 4 is 34.7 Å². The summed E-state index contributed by atoms with van der Waals surface area (Å²) in [5.41, 5.74) is 2.04. The average Bonchev–Trinajstić information content (AvgIpc) is 3.46. The van der Waals surface area contributed by atoms with E-state index in [0.29, 0.717) is 12.3 Å². The smallest absolute Gasteiger partial charge is 0.253 e. The summed E-state index contributed by atoms with van der Waals surface area (Å²) in [4.78, 5) is 13.7. The van der Waals surface area contributed by atoms with Crippen LogP contribution in [0, 0.1) is 0 Å². The molecule has 8 heteroatoms. The van der Waals surface area contributed by atoms with Gasteiger partial charge >= 0.3 is 0 Å². The zero-order chi connectivity index (χ0) is 18.6. The summed E-state index contributed by atoms with van der Waals surface area (Å²) in [5.74, 6) is 1.15. The van der Waals surface area contributed by atoms with Crippen molar-refractivity contribution in [3.05, 3.63) is 53.4 Å². The number of amides is 1. The summed E-state index contributed by atoms with van der Waals surface area (Å²) >= 11 is 3.05. The van der Waals surface area contributed by atoms with E-state index in [9.17, 15) is 4.79 Å². The third-order valence-corrected chi connectivity index (χ3v) is 6.11. The van der Waals surface area contributed by atoms with E-state index >= 15 is 0 Å². The molecule has 1 aliphatic rings. The van der Waals surface area contributed by atoms with Crippen molar-refractivity contribution in [2.45, 2.75) is 25.0 Å². The summed E-state index contributed by atoms with van der Waals surface area (Å²) in [6.45, 7) is 3.45. The Morgan fingerprint density at radius 2 is 2.04 bits per heavy atom. The quantitative estimate of drug-likeness (QED) is 0.594. The van der Waals surface area contributed by atoms with Gasteiger partial charge in [0, 0.05) is 13.0 Å². The lowest BCUT2D eigenvalue weighted by Gasteiger charge is -2.11. The largest absolute Gasteiger partial charge is 0.302 e. The van der Waals surface area contributed by atoms with Gasteiger partial charge in [0.1, 0.15) is 0 Å². The fourth-order valence-electron chi connectivity index (χ4n) is 2.94. The van der Waals surface area contributed by atoms with Crippen molar-refractivity contribution in [1.82, 2.24) is 19.8 Å². The first-order valence-corrected chi connectivity index (χ1v) is 10.7. The van der Waals surface area contributed by atoms with Gasteiger partial charge in [-0.2, -0.15) is 5.10 Å². The fourth-order valence-corrected chi connectivity index (χ4v) is 4.53. The van der Waals surface area contributed by atoms with E-state index in [-0.39, 0.29) is 5.91 Å². The molecule has 0 spiro atoms. The standard InChI is InChI=1S/C19H19N5OS2/c1-2-23-18(16-9-6-12-26-16)20-21-19(23)27-13-17(25)24-11-10-15(22-24)14-7-4-3-5-8-14/h3-9,12H,2,10-11,13H2,1H3. The molecule has 0 atom stereocenters. The Balaban J connectivity index is 1.42. The lowest BCUT2D eigenvalue weighted by Crippen LogP contribution is -2.25. The van der Waals surface area contributed by atoms with Gasteiger partial charge in [-0.25, -0.2) is 5.01 Å². The molecule has 0 N–H and O–H groups in total. The van der Waals surface area contributed by atoms with Crippen LogP contribution in [0.2, 0.25) is 0 Å². The molecule has 1 amide bonds.